The molecule has 156 valence electrons. The molecule has 0 radical (unpaired) electrons. The number of nitrogens with one attached hydrogen (secondary N) is 1. The molecule has 1 amide bonds. The lowest BCUT2D eigenvalue weighted by Gasteiger charge is -2.24. The van der Waals surface area contributed by atoms with Crippen molar-refractivity contribution in [3.63, 3.8) is 0 Å². The summed E-state index contributed by atoms with van der Waals surface area (Å²) in [6.45, 7) is 3.26. The minimum atomic E-state index is -3.98. The quantitative estimate of drug-likeness (QED) is 0.538. The SMILES string of the molecule is CC(=O)c1ccc(N(CC(=O)NCc2cccs2)S(=O)(=O)c2ccc(C)cc2)cc1. The molecule has 0 spiro atoms. The Morgan fingerprint density at radius 1 is 1.00 bits per heavy atom. The van der Waals surface area contributed by atoms with E-state index in [4.69, 9.17) is 0 Å². The van der Waals surface area contributed by atoms with Crippen LogP contribution in [0.2, 0.25) is 0 Å². The molecule has 0 bridgehead atoms. The zero-order chi connectivity index (χ0) is 21.7. The largest absolute Gasteiger partial charge is 0.350 e. The number of thiophene rings is 1. The summed E-state index contributed by atoms with van der Waals surface area (Å²) >= 11 is 1.51. The topological polar surface area (TPSA) is 83.6 Å². The number of rotatable bonds is 8. The van der Waals surface area contributed by atoms with E-state index in [1.165, 1.54) is 42.5 Å². The molecule has 6 nitrogen and oxygen atoms in total. The zero-order valence-corrected chi connectivity index (χ0v) is 18.3. The Bertz CT molecular complexity index is 1120. The van der Waals surface area contributed by atoms with Gasteiger partial charge in [-0.25, -0.2) is 8.42 Å². The lowest BCUT2D eigenvalue weighted by molar-refractivity contribution is -0.119. The Morgan fingerprint density at radius 3 is 2.23 bits per heavy atom. The molecule has 0 unspecified atom stereocenters. The number of sulfonamides is 1. The first-order valence-corrected chi connectivity index (χ1v) is 11.6. The number of hydrogen-bond acceptors (Lipinski definition) is 5. The standard InChI is InChI=1S/C22H22N2O4S2/c1-16-5-11-21(12-6-16)30(27,28)24(19-9-7-18(8-10-19)17(2)25)15-22(26)23-14-20-4-3-13-29-20/h3-13H,14-15H2,1-2H3,(H,23,26). The fourth-order valence-electron chi connectivity index (χ4n) is 2.80. The molecule has 0 aliphatic rings. The maximum absolute atomic E-state index is 13.3. The van der Waals surface area contributed by atoms with E-state index in [0.29, 0.717) is 17.8 Å². The van der Waals surface area contributed by atoms with E-state index in [2.05, 4.69) is 5.32 Å². The molecule has 3 rings (SSSR count). The predicted octanol–water partition coefficient (Wildman–Crippen LogP) is 3.77. The highest BCUT2D eigenvalue weighted by atomic mass is 32.2. The monoisotopic (exact) mass is 442 g/mol. The second-order valence-corrected chi connectivity index (χ2v) is 9.68. The van der Waals surface area contributed by atoms with Crippen LogP contribution in [-0.4, -0.2) is 26.7 Å². The van der Waals surface area contributed by atoms with Crippen molar-refractivity contribution in [2.45, 2.75) is 25.3 Å². The smallest absolute Gasteiger partial charge is 0.264 e. The minimum absolute atomic E-state index is 0.0924. The lowest BCUT2D eigenvalue weighted by atomic mass is 10.1. The Labute approximate surface area is 180 Å². The molecule has 0 saturated carbocycles. The van der Waals surface area contributed by atoms with Gasteiger partial charge in [0, 0.05) is 10.4 Å². The molecule has 3 aromatic rings. The van der Waals surface area contributed by atoms with Gasteiger partial charge in [0.1, 0.15) is 6.54 Å². The number of nitrogens with zero attached hydrogens (tertiary/aromatic N) is 1. The van der Waals surface area contributed by atoms with E-state index in [-0.39, 0.29) is 17.2 Å². The van der Waals surface area contributed by atoms with E-state index in [9.17, 15) is 18.0 Å². The van der Waals surface area contributed by atoms with Crippen LogP contribution in [0, 0.1) is 6.92 Å². The molecule has 0 aliphatic carbocycles. The van der Waals surface area contributed by atoms with Gasteiger partial charge in [0.25, 0.3) is 10.0 Å². The second kappa shape index (κ2) is 9.23. The molecular formula is C22H22N2O4S2. The number of ketones is 1. The van der Waals surface area contributed by atoms with Gasteiger partial charge in [0.2, 0.25) is 5.91 Å². The summed E-state index contributed by atoms with van der Waals surface area (Å²) in [4.78, 5) is 25.2. The molecule has 0 saturated heterocycles. The van der Waals surface area contributed by atoms with E-state index < -0.39 is 15.9 Å². The van der Waals surface area contributed by atoms with Crippen molar-refractivity contribution >= 4 is 38.7 Å². The molecule has 2 aromatic carbocycles. The van der Waals surface area contributed by atoms with Crippen molar-refractivity contribution in [1.29, 1.82) is 0 Å². The van der Waals surface area contributed by atoms with E-state index in [0.717, 1.165) is 14.7 Å². The van der Waals surface area contributed by atoms with Gasteiger partial charge in [0.15, 0.2) is 5.78 Å². The molecule has 0 atom stereocenters. The average molecular weight is 443 g/mol. The maximum Gasteiger partial charge on any atom is 0.264 e. The number of carbonyl (C=O) groups is 2. The van der Waals surface area contributed by atoms with Crippen molar-refractivity contribution in [3.8, 4) is 0 Å². The first-order chi connectivity index (χ1) is 14.3. The van der Waals surface area contributed by atoms with Gasteiger partial charge in [-0.15, -0.1) is 11.3 Å². The first-order valence-electron chi connectivity index (χ1n) is 9.27. The number of amides is 1. The van der Waals surface area contributed by atoms with Crippen LogP contribution in [0.1, 0.15) is 27.7 Å². The summed E-state index contributed by atoms with van der Waals surface area (Å²) in [5.74, 6) is -0.544. The van der Waals surface area contributed by atoms with Gasteiger partial charge >= 0.3 is 0 Å². The van der Waals surface area contributed by atoms with Crippen LogP contribution in [0.3, 0.4) is 0 Å². The fraction of sp³-hybridized carbons (Fsp3) is 0.182. The summed E-state index contributed by atoms with van der Waals surface area (Å²) in [6.07, 6.45) is 0. The summed E-state index contributed by atoms with van der Waals surface area (Å²) in [5, 5.41) is 4.67. The van der Waals surface area contributed by atoms with Crippen molar-refractivity contribution < 1.29 is 18.0 Å². The van der Waals surface area contributed by atoms with Gasteiger partial charge in [-0.1, -0.05) is 23.8 Å². The summed E-state index contributed by atoms with van der Waals surface area (Å²) in [5.41, 5.74) is 1.71. The molecule has 1 N–H and O–H groups in total. The van der Waals surface area contributed by atoms with Gasteiger partial charge in [-0.3, -0.25) is 13.9 Å². The van der Waals surface area contributed by atoms with Gasteiger partial charge in [-0.2, -0.15) is 0 Å². The third-order valence-corrected chi connectivity index (χ3v) is 7.16. The normalized spacial score (nSPS) is 11.1. The van der Waals surface area contributed by atoms with Crippen LogP contribution in [0.15, 0.2) is 70.9 Å². The van der Waals surface area contributed by atoms with Crippen LogP contribution >= 0.6 is 11.3 Å². The highest BCUT2D eigenvalue weighted by Gasteiger charge is 2.27. The number of carbonyl (C=O) groups excluding carboxylic acids is 2. The van der Waals surface area contributed by atoms with Crippen LogP contribution in [0.4, 0.5) is 5.69 Å². The van der Waals surface area contributed by atoms with Crippen LogP contribution in [0.5, 0.6) is 0 Å². The highest BCUT2D eigenvalue weighted by Crippen LogP contribution is 2.24. The van der Waals surface area contributed by atoms with Crippen molar-refractivity contribution in [3.05, 3.63) is 82.0 Å². The molecule has 0 fully saturated rings. The summed E-state index contributed by atoms with van der Waals surface area (Å²) in [6, 6.07) is 16.4. The lowest BCUT2D eigenvalue weighted by Crippen LogP contribution is -2.40. The first kappa shape index (κ1) is 21.7. The average Bonchev–Trinajstić information content (AvgIpc) is 3.24. The van der Waals surface area contributed by atoms with E-state index in [1.54, 1.807) is 24.3 Å². The Kier molecular flexibility index (Phi) is 6.69. The third-order valence-electron chi connectivity index (χ3n) is 4.50. The molecular weight excluding hydrogens is 420 g/mol. The number of hydrogen-bond donors (Lipinski definition) is 1. The van der Waals surface area contributed by atoms with Crippen LogP contribution in [0.25, 0.3) is 0 Å². The third kappa shape index (κ3) is 5.14. The number of aryl methyl sites for hydroxylation is 1. The predicted molar refractivity (Wildman–Crippen MR) is 118 cm³/mol. The van der Waals surface area contributed by atoms with Gasteiger partial charge in [0.05, 0.1) is 17.1 Å². The molecule has 8 heteroatoms. The summed E-state index contributed by atoms with van der Waals surface area (Å²) in [7, 11) is -3.98. The Morgan fingerprint density at radius 2 is 1.67 bits per heavy atom. The van der Waals surface area contributed by atoms with E-state index in [1.807, 2.05) is 24.4 Å². The van der Waals surface area contributed by atoms with Crippen LogP contribution < -0.4 is 9.62 Å². The fourth-order valence-corrected chi connectivity index (χ4v) is 4.87. The zero-order valence-electron chi connectivity index (χ0n) is 16.7. The Hall–Kier alpha value is -2.97. The number of Topliss-reactive ketones (excluding diaryl/α,β-unsaturated/α-hetero) is 1. The molecule has 1 aromatic heterocycles. The van der Waals surface area contributed by atoms with Gasteiger partial charge < -0.3 is 5.32 Å². The van der Waals surface area contributed by atoms with Crippen molar-refractivity contribution in [2.24, 2.45) is 0 Å². The molecule has 30 heavy (non-hydrogen) atoms. The minimum Gasteiger partial charge on any atom is -0.350 e. The molecule has 0 aliphatic heterocycles. The second-order valence-electron chi connectivity index (χ2n) is 6.78. The number of anilines is 1. The highest BCUT2D eigenvalue weighted by molar-refractivity contribution is 7.92. The summed E-state index contributed by atoms with van der Waals surface area (Å²) < 4.78 is 27.7. The maximum atomic E-state index is 13.3. The van der Waals surface area contributed by atoms with E-state index >= 15 is 0 Å². The van der Waals surface area contributed by atoms with Gasteiger partial charge in [-0.05, 0) is 61.7 Å². The van der Waals surface area contributed by atoms with Crippen LogP contribution in [-0.2, 0) is 21.4 Å². The Balaban J connectivity index is 1.90. The van der Waals surface area contributed by atoms with Crippen molar-refractivity contribution in [2.75, 3.05) is 10.8 Å². The molecule has 1 heterocycles. The number of benzene rings is 2. The van der Waals surface area contributed by atoms with Crippen molar-refractivity contribution in [1.82, 2.24) is 5.32 Å².